The summed E-state index contributed by atoms with van der Waals surface area (Å²) in [6, 6.07) is 7.94. The second kappa shape index (κ2) is 8.82. The zero-order chi connectivity index (χ0) is 25.6. The summed E-state index contributed by atoms with van der Waals surface area (Å²) in [4.78, 5) is 32.0. The molecule has 14 heteroatoms. The smallest absolute Gasteiger partial charge is 0.452 e. The van der Waals surface area contributed by atoms with Gasteiger partial charge >= 0.3 is 6.18 Å². The first kappa shape index (κ1) is 23.6. The van der Waals surface area contributed by atoms with Crippen LogP contribution in [0.25, 0.3) is 5.65 Å². The predicted molar refractivity (Wildman–Crippen MR) is 120 cm³/mol. The highest BCUT2D eigenvalue weighted by molar-refractivity contribution is 6.28. The molecule has 186 valence electrons. The maximum absolute atomic E-state index is 13.1. The lowest BCUT2D eigenvalue weighted by Crippen LogP contribution is -2.18. The first-order valence-corrected chi connectivity index (χ1v) is 11.0. The molecule has 0 bridgehead atoms. The van der Waals surface area contributed by atoms with Gasteiger partial charge in [-0.25, -0.2) is 4.52 Å². The van der Waals surface area contributed by atoms with Gasteiger partial charge in [0.15, 0.2) is 11.3 Å². The SMILES string of the molecule is Cc1ccc(Oc2ccc3nc(NC(=O)C4CC4)nn3c2)cc1NC(=O)c1nc(Cl)oc1C(F)(F)F. The summed E-state index contributed by atoms with van der Waals surface area (Å²) in [5.74, 6) is -2.04. The van der Waals surface area contributed by atoms with Crippen molar-refractivity contribution in [1.29, 1.82) is 0 Å². The number of rotatable bonds is 6. The van der Waals surface area contributed by atoms with Gasteiger partial charge in [-0.2, -0.15) is 23.1 Å². The summed E-state index contributed by atoms with van der Waals surface area (Å²) in [6.07, 6.45) is -1.70. The molecule has 1 aromatic carbocycles. The molecule has 36 heavy (non-hydrogen) atoms. The summed E-state index contributed by atoms with van der Waals surface area (Å²) >= 11 is 5.44. The fourth-order valence-electron chi connectivity index (χ4n) is 3.29. The Balaban J connectivity index is 1.33. The summed E-state index contributed by atoms with van der Waals surface area (Å²) in [7, 11) is 0. The molecule has 3 aromatic heterocycles. The van der Waals surface area contributed by atoms with Crippen LogP contribution in [0.1, 0.15) is 34.7 Å². The number of oxazole rings is 1. The topological polar surface area (TPSA) is 124 Å². The van der Waals surface area contributed by atoms with E-state index >= 15 is 0 Å². The number of nitrogens with zero attached hydrogens (tertiary/aromatic N) is 4. The van der Waals surface area contributed by atoms with E-state index in [0.29, 0.717) is 17.0 Å². The van der Waals surface area contributed by atoms with Crippen molar-refractivity contribution in [2.75, 3.05) is 10.6 Å². The first-order valence-electron chi connectivity index (χ1n) is 10.6. The van der Waals surface area contributed by atoms with Crippen LogP contribution in [-0.2, 0) is 11.0 Å². The molecule has 2 N–H and O–H groups in total. The van der Waals surface area contributed by atoms with E-state index in [4.69, 9.17) is 16.3 Å². The number of aromatic nitrogens is 4. The van der Waals surface area contributed by atoms with Gasteiger partial charge in [-0.15, -0.1) is 5.10 Å². The van der Waals surface area contributed by atoms with Crippen LogP contribution in [0.3, 0.4) is 0 Å². The van der Waals surface area contributed by atoms with E-state index in [1.165, 1.54) is 10.6 Å². The van der Waals surface area contributed by atoms with Gasteiger partial charge in [0.2, 0.25) is 17.6 Å². The van der Waals surface area contributed by atoms with E-state index in [2.05, 4.69) is 30.1 Å². The Bertz CT molecular complexity index is 1490. The monoisotopic (exact) mass is 520 g/mol. The van der Waals surface area contributed by atoms with E-state index in [1.807, 2.05) is 0 Å². The number of carbonyl (C=O) groups excluding carboxylic acids is 2. The quantitative estimate of drug-likeness (QED) is 0.363. The van der Waals surface area contributed by atoms with Crippen LogP contribution < -0.4 is 15.4 Å². The molecular formula is C22H16ClF3N6O4. The number of ether oxygens (including phenoxy) is 1. The maximum atomic E-state index is 13.1. The molecule has 5 rings (SSSR count). The number of anilines is 2. The number of fused-ring (bicyclic) bond motifs is 1. The Morgan fingerprint density at radius 2 is 1.89 bits per heavy atom. The number of aryl methyl sites for hydroxylation is 1. The lowest BCUT2D eigenvalue weighted by atomic mass is 10.2. The number of pyridine rings is 1. The van der Waals surface area contributed by atoms with Crippen molar-refractivity contribution >= 4 is 40.7 Å². The van der Waals surface area contributed by atoms with Gasteiger partial charge in [0.1, 0.15) is 11.5 Å². The van der Waals surface area contributed by atoms with Crippen molar-refractivity contribution in [1.82, 2.24) is 19.6 Å². The van der Waals surface area contributed by atoms with Crippen LogP contribution in [0.4, 0.5) is 24.8 Å². The molecule has 1 aliphatic carbocycles. The van der Waals surface area contributed by atoms with Crippen LogP contribution in [0.15, 0.2) is 40.9 Å². The average Bonchev–Trinajstić information content (AvgIpc) is 3.47. The summed E-state index contributed by atoms with van der Waals surface area (Å²) in [5, 5.41) is 8.46. The zero-order valence-corrected chi connectivity index (χ0v) is 19.1. The Morgan fingerprint density at radius 3 is 2.61 bits per heavy atom. The Morgan fingerprint density at radius 1 is 1.14 bits per heavy atom. The maximum Gasteiger partial charge on any atom is 0.452 e. The number of amides is 2. The molecule has 0 spiro atoms. The Kier molecular flexibility index (Phi) is 5.79. The highest BCUT2D eigenvalue weighted by atomic mass is 35.5. The van der Waals surface area contributed by atoms with Crippen molar-refractivity contribution in [2.45, 2.75) is 25.9 Å². The molecule has 1 aliphatic rings. The predicted octanol–water partition coefficient (Wildman–Crippen LogP) is 5.09. The lowest BCUT2D eigenvalue weighted by Gasteiger charge is -2.12. The average molecular weight is 521 g/mol. The minimum atomic E-state index is -4.95. The minimum absolute atomic E-state index is 0.00746. The van der Waals surface area contributed by atoms with Crippen LogP contribution in [0.5, 0.6) is 11.5 Å². The van der Waals surface area contributed by atoms with Gasteiger partial charge in [0.25, 0.3) is 11.3 Å². The number of nitrogens with one attached hydrogen (secondary N) is 2. The fourth-order valence-corrected chi connectivity index (χ4v) is 3.45. The second-order valence-electron chi connectivity index (χ2n) is 8.04. The number of halogens is 4. The van der Waals surface area contributed by atoms with Gasteiger partial charge in [-0.1, -0.05) is 6.07 Å². The molecule has 1 fully saturated rings. The van der Waals surface area contributed by atoms with Crippen molar-refractivity contribution in [3.8, 4) is 11.5 Å². The van der Waals surface area contributed by atoms with E-state index < -0.39 is 28.9 Å². The standard InChI is InChI=1S/C22H16ClF3N6O4/c1-10-2-5-12(8-14(10)27-19(34)16-17(22(24,25)26)36-20(23)29-16)35-13-6-7-15-28-21(31-32(15)9-13)30-18(33)11-3-4-11/h2,5-9,11H,3-4H2,1H3,(H,27,34)(H,30,31,33). The van der Waals surface area contributed by atoms with Gasteiger partial charge in [0, 0.05) is 17.7 Å². The molecule has 10 nitrogen and oxygen atoms in total. The van der Waals surface area contributed by atoms with E-state index in [1.54, 1.807) is 37.4 Å². The molecule has 0 atom stereocenters. The molecule has 1 saturated carbocycles. The largest absolute Gasteiger partial charge is 0.456 e. The van der Waals surface area contributed by atoms with Gasteiger partial charge in [-0.05, 0) is 55.1 Å². The third kappa shape index (κ3) is 4.96. The van der Waals surface area contributed by atoms with Crippen LogP contribution in [0.2, 0.25) is 5.35 Å². The van der Waals surface area contributed by atoms with Crippen LogP contribution >= 0.6 is 11.6 Å². The Hall–Kier alpha value is -4.13. The molecular weight excluding hydrogens is 505 g/mol. The van der Waals surface area contributed by atoms with Crippen molar-refractivity contribution in [3.63, 3.8) is 0 Å². The highest BCUT2D eigenvalue weighted by Crippen LogP contribution is 2.35. The van der Waals surface area contributed by atoms with Crippen LogP contribution in [-0.4, -0.2) is 31.4 Å². The van der Waals surface area contributed by atoms with Gasteiger partial charge in [-0.3, -0.25) is 14.9 Å². The van der Waals surface area contributed by atoms with Crippen LogP contribution in [0, 0.1) is 12.8 Å². The van der Waals surface area contributed by atoms with E-state index in [0.717, 1.165) is 12.8 Å². The highest BCUT2D eigenvalue weighted by Gasteiger charge is 2.41. The molecule has 0 saturated heterocycles. The molecule has 2 amide bonds. The second-order valence-corrected chi connectivity index (χ2v) is 8.37. The first-order chi connectivity index (χ1) is 17.1. The number of alkyl halides is 3. The zero-order valence-electron chi connectivity index (χ0n) is 18.4. The molecule has 0 aliphatic heterocycles. The molecule has 3 heterocycles. The molecule has 0 radical (unpaired) electrons. The number of hydrogen-bond acceptors (Lipinski definition) is 7. The van der Waals surface area contributed by atoms with Crippen molar-refractivity contribution in [3.05, 3.63) is 58.9 Å². The van der Waals surface area contributed by atoms with E-state index in [9.17, 15) is 22.8 Å². The molecule has 4 aromatic rings. The van der Waals surface area contributed by atoms with Gasteiger partial charge < -0.3 is 14.5 Å². The van der Waals surface area contributed by atoms with Crippen molar-refractivity contribution in [2.24, 2.45) is 5.92 Å². The van der Waals surface area contributed by atoms with Gasteiger partial charge in [0.05, 0.1) is 6.20 Å². The number of carbonyl (C=O) groups is 2. The van der Waals surface area contributed by atoms with E-state index in [-0.39, 0.29) is 29.2 Å². The number of benzene rings is 1. The molecule has 0 unspecified atom stereocenters. The summed E-state index contributed by atoms with van der Waals surface area (Å²) in [6.45, 7) is 1.65. The number of hydrogen-bond donors (Lipinski definition) is 2. The fraction of sp³-hybridized carbons (Fsp3) is 0.227. The third-order valence-electron chi connectivity index (χ3n) is 5.25. The lowest BCUT2D eigenvalue weighted by molar-refractivity contribution is -0.153. The minimum Gasteiger partial charge on any atom is -0.456 e. The summed E-state index contributed by atoms with van der Waals surface area (Å²) < 4.78 is 51.0. The summed E-state index contributed by atoms with van der Waals surface area (Å²) in [5.41, 5.74) is 0.245. The van der Waals surface area contributed by atoms with Crippen molar-refractivity contribution < 1.29 is 31.9 Å². The Labute approximate surface area is 205 Å². The normalized spacial score (nSPS) is 13.6. The third-order valence-corrected chi connectivity index (χ3v) is 5.42.